The van der Waals surface area contributed by atoms with Crippen LogP contribution in [-0.2, 0) is 12.2 Å². The van der Waals surface area contributed by atoms with Crippen LogP contribution in [0.4, 0.5) is 23.1 Å². The molecule has 0 amide bonds. The minimum Gasteiger partial charge on any atom is -0.396 e. The zero-order valence-electron chi connectivity index (χ0n) is 25.7. The minimum absolute atomic E-state index is 0.203. The van der Waals surface area contributed by atoms with E-state index in [1.807, 2.05) is 13.0 Å². The lowest BCUT2D eigenvalue weighted by Gasteiger charge is -2.20. The molecule has 0 bridgehead atoms. The van der Waals surface area contributed by atoms with E-state index in [0.29, 0.717) is 5.95 Å². The Morgan fingerprint density at radius 3 is 2.45 bits per heavy atom. The lowest BCUT2D eigenvalue weighted by molar-refractivity contribution is -0.127. The predicted octanol–water partition coefficient (Wildman–Crippen LogP) is 5.36. The van der Waals surface area contributed by atoms with E-state index in [1.54, 1.807) is 11.8 Å². The van der Waals surface area contributed by atoms with Crippen LogP contribution in [0, 0.1) is 12.8 Å². The second-order valence-electron chi connectivity index (χ2n) is 11.1. The fraction of sp³-hybridized carbons (Fsp3) is 0.469. The number of aliphatic hydroxyl groups excluding tert-OH is 1. The minimum atomic E-state index is -1.50. The molecule has 0 saturated carbocycles. The maximum atomic E-state index is 9.61. The van der Waals surface area contributed by atoms with Gasteiger partial charge < -0.3 is 30.9 Å². The summed E-state index contributed by atoms with van der Waals surface area (Å²) in [5, 5.41) is 33.7. The molecule has 0 fully saturated rings. The fourth-order valence-corrected chi connectivity index (χ4v) is 5.41. The van der Waals surface area contributed by atoms with Gasteiger partial charge in [0.15, 0.2) is 5.79 Å². The van der Waals surface area contributed by atoms with Gasteiger partial charge in [0.2, 0.25) is 5.95 Å². The van der Waals surface area contributed by atoms with Crippen LogP contribution in [0.2, 0.25) is 0 Å². The molecule has 2 heterocycles. The zero-order valence-corrected chi connectivity index (χ0v) is 26.5. The molecule has 2 aromatic carbocycles. The molecular formula is C32H46N6O3S. The normalized spacial score (nSPS) is 13.3. The largest absolute Gasteiger partial charge is 0.396 e. The number of fused-ring (bicyclic) bond motifs is 1. The number of aryl methyl sites for hydroxylation is 1. The summed E-state index contributed by atoms with van der Waals surface area (Å²) in [5.74, 6) is 1.07. The first-order valence-corrected chi connectivity index (χ1v) is 15.4. The van der Waals surface area contributed by atoms with Gasteiger partial charge >= 0.3 is 0 Å². The quantitative estimate of drug-likeness (QED) is 0.176. The predicted molar refractivity (Wildman–Crippen MR) is 176 cm³/mol. The molecule has 9 nitrogen and oxygen atoms in total. The highest BCUT2D eigenvalue weighted by molar-refractivity contribution is 8.13. The summed E-state index contributed by atoms with van der Waals surface area (Å²) in [6.07, 6.45) is 2.71. The first-order chi connectivity index (χ1) is 20.0. The average Bonchev–Trinajstić information content (AvgIpc) is 2.94. The van der Waals surface area contributed by atoms with Gasteiger partial charge in [-0.05, 0) is 68.9 Å². The molecule has 1 aliphatic rings. The van der Waals surface area contributed by atoms with E-state index >= 15 is 0 Å². The van der Waals surface area contributed by atoms with E-state index in [4.69, 9.17) is 25.2 Å². The number of hydrogen-bond acceptors (Lipinski definition) is 10. The molecule has 3 aromatic rings. The summed E-state index contributed by atoms with van der Waals surface area (Å²) in [5.41, 5.74) is 6.58. The van der Waals surface area contributed by atoms with Crippen molar-refractivity contribution in [1.29, 1.82) is 0 Å². The molecule has 0 aliphatic carbocycles. The topological polar surface area (TPSA) is 126 Å². The molecule has 1 aromatic heterocycles. The van der Waals surface area contributed by atoms with E-state index in [0.717, 1.165) is 65.9 Å². The molecule has 1 aliphatic heterocycles. The average molecular weight is 595 g/mol. The van der Waals surface area contributed by atoms with E-state index < -0.39 is 5.79 Å². The van der Waals surface area contributed by atoms with E-state index in [2.05, 4.69) is 79.0 Å². The summed E-state index contributed by atoms with van der Waals surface area (Å²) in [7, 11) is 4.11. The number of aliphatic imine (C=N–C) groups is 1. The van der Waals surface area contributed by atoms with Gasteiger partial charge in [-0.1, -0.05) is 43.7 Å². The third kappa shape index (κ3) is 10.6. The Hall–Kier alpha value is -3.18. The first kappa shape index (κ1) is 33.3. The Kier molecular flexibility index (Phi) is 12.6. The third-order valence-electron chi connectivity index (χ3n) is 6.69. The van der Waals surface area contributed by atoms with Crippen LogP contribution in [0.3, 0.4) is 0 Å². The number of benzene rings is 2. The van der Waals surface area contributed by atoms with E-state index in [1.165, 1.54) is 30.7 Å². The van der Waals surface area contributed by atoms with Gasteiger partial charge in [0.05, 0.1) is 16.9 Å². The highest BCUT2D eigenvalue weighted by atomic mass is 32.2. The molecule has 228 valence electrons. The summed E-state index contributed by atoms with van der Waals surface area (Å²) in [6, 6.07) is 16.9. The smallest absolute Gasteiger partial charge is 0.224 e. The van der Waals surface area contributed by atoms with Crippen molar-refractivity contribution in [3.8, 4) is 0 Å². The number of nitrogens with zero attached hydrogens (tertiary/aromatic N) is 4. The zero-order chi connectivity index (χ0) is 30.7. The number of thioether (sulfide) groups is 1. The monoisotopic (exact) mass is 594 g/mol. The lowest BCUT2D eigenvalue weighted by atomic mass is 10.0. The van der Waals surface area contributed by atoms with Gasteiger partial charge in [-0.3, -0.25) is 0 Å². The fourth-order valence-electron chi connectivity index (χ4n) is 4.32. The third-order valence-corrected chi connectivity index (χ3v) is 7.71. The van der Waals surface area contributed by atoms with Crippen molar-refractivity contribution in [2.24, 2.45) is 10.9 Å². The SMILES string of the molecule is CC(C)(O)O.CCC(CO)CCNc1nc(NCCc2cccc(N(C)C)c2)nc(C)c1C1=Nc2ccccc2CS1. The molecule has 5 N–H and O–H groups in total. The molecule has 10 heteroatoms. The standard InChI is InChI=1S/C29H38N6OS.C3H8O2/c1-5-21(18-36)13-15-30-27-26(28-33-25-12-7-6-10-23(25)19-37-28)20(2)32-29(34-27)31-16-14-22-9-8-11-24(17-22)35(3)4;1-3(2,4)5/h6-12,17,21,36H,5,13-16,18-19H2,1-4H3,(H2,30,31,32,34);4-5H,1-2H3. The Bertz CT molecular complexity index is 1320. The number of aromatic nitrogens is 2. The van der Waals surface area contributed by atoms with Gasteiger partial charge in [-0.25, -0.2) is 9.98 Å². The molecule has 0 saturated heterocycles. The van der Waals surface area contributed by atoms with E-state index in [9.17, 15) is 5.11 Å². The van der Waals surface area contributed by atoms with Crippen LogP contribution in [0.15, 0.2) is 53.5 Å². The van der Waals surface area contributed by atoms with E-state index in [-0.39, 0.29) is 12.5 Å². The maximum Gasteiger partial charge on any atom is 0.224 e. The molecule has 1 atom stereocenters. The summed E-state index contributed by atoms with van der Waals surface area (Å²) in [4.78, 5) is 16.8. The lowest BCUT2D eigenvalue weighted by Crippen LogP contribution is -2.18. The van der Waals surface area contributed by atoms with Gasteiger partial charge in [0.25, 0.3) is 0 Å². The molecule has 0 spiro atoms. The van der Waals surface area contributed by atoms with Crippen molar-refractivity contribution >= 4 is 39.9 Å². The van der Waals surface area contributed by atoms with Crippen LogP contribution in [0.25, 0.3) is 0 Å². The van der Waals surface area contributed by atoms with Crippen LogP contribution in [-0.4, -0.2) is 69.9 Å². The Morgan fingerprint density at radius 1 is 1.02 bits per heavy atom. The molecule has 4 rings (SSSR count). The molecular weight excluding hydrogens is 548 g/mol. The number of anilines is 3. The Labute approximate surface area is 254 Å². The summed E-state index contributed by atoms with van der Waals surface area (Å²) in [6.45, 7) is 8.41. The molecule has 42 heavy (non-hydrogen) atoms. The van der Waals surface area contributed by atoms with Crippen molar-refractivity contribution in [2.75, 3.05) is 49.3 Å². The van der Waals surface area contributed by atoms with Crippen LogP contribution in [0.1, 0.15) is 56.0 Å². The van der Waals surface area contributed by atoms with Crippen molar-refractivity contribution in [1.82, 2.24) is 9.97 Å². The second-order valence-corrected chi connectivity index (χ2v) is 12.1. The Morgan fingerprint density at radius 2 is 1.76 bits per heavy atom. The summed E-state index contributed by atoms with van der Waals surface area (Å²) >= 11 is 1.73. The first-order valence-electron chi connectivity index (χ1n) is 14.5. The second kappa shape index (κ2) is 15.9. The number of rotatable bonds is 12. The highest BCUT2D eigenvalue weighted by Crippen LogP contribution is 2.35. The number of aliphatic hydroxyl groups is 3. The number of para-hydroxylation sites is 1. The highest BCUT2D eigenvalue weighted by Gasteiger charge is 2.21. The van der Waals surface area contributed by atoms with Crippen molar-refractivity contribution in [3.63, 3.8) is 0 Å². The van der Waals surface area contributed by atoms with Gasteiger partial charge in [0, 0.05) is 45.2 Å². The maximum absolute atomic E-state index is 9.61. The van der Waals surface area contributed by atoms with Crippen LogP contribution in [0.5, 0.6) is 0 Å². The van der Waals surface area contributed by atoms with Crippen molar-refractivity contribution in [2.45, 2.75) is 58.5 Å². The Balaban J connectivity index is 0.000000892. The van der Waals surface area contributed by atoms with Crippen molar-refractivity contribution in [3.05, 3.63) is 70.9 Å². The van der Waals surface area contributed by atoms with Gasteiger partial charge in [-0.15, -0.1) is 11.8 Å². The van der Waals surface area contributed by atoms with Crippen LogP contribution < -0.4 is 15.5 Å². The number of nitrogens with one attached hydrogen (secondary N) is 2. The number of hydrogen-bond donors (Lipinski definition) is 5. The molecule has 1 unspecified atom stereocenters. The van der Waals surface area contributed by atoms with Crippen molar-refractivity contribution < 1.29 is 15.3 Å². The van der Waals surface area contributed by atoms with Gasteiger partial charge in [0.1, 0.15) is 10.9 Å². The van der Waals surface area contributed by atoms with Crippen LogP contribution >= 0.6 is 11.8 Å². The summed E-state index contributed by atoms with van der Waals surface area (Å²) < 4.78 is 0. The van der Waals surface area contributed by atoms with Gasteiger partial charge in [-0.2, -0.15) is 4.98 Å². The molecule has 0 radical (unpaired) electrons.